The van der Waals surface area contributed by atoms with Crippen molar-refractivity contribution in [3.8, 4) is 0 Å². The molecule has 0 saturated heterocycles. The van der Waals surface area contributed by atoms with Gasteiger partial charge in [0.2, 0.25) is 0 Å². The second-order valence-electron chi connectivity index (χ2n) is 4.89. The third-order valence-corrected chi connectivity index (χ3v) is 3.31. The number of methoxy groups -OCH3 is 1. The predicted octanol–water partition coefficient (Wildman–Crippen LogP) is 1.22. The molecule has 4 nitrogen and oxygen atoms in total. The van der Waals surface area contributed by atoms with Gasteiger partial charge in [-0.1, -0.05) is 13.8 Å². The number of ether oxygens (including phenoxy) is 3. The SMILES string of the molecule is COCCCOCCOC1CC(O)C1(C)C. The molecule has 1 fully saturated rings. The van der Waals surface area contributed by atoms with Gasteiger partial charge in [-0.2, -0.15) is 0 Å². The molecule has 4 heteroatoms. The second-order valence-corrected chi connectivity index (χ2v) is 4.89. The van der Waals surface area contributed by atoms with Crippen molar-refractivity contribution < 1.29 is 19.3 Å². The molecule has 0 spiro atoms. The maximum absolute atomic E-state index is 9.52. The van der Waals surface area contributed by atoms with Crippen molar-refractivity contribution in [1.29, 1.82) is 0 Å². The summed E-state index contributed by atoms with van der Waals surface area (Å²) in [5.74, 6) is 0. The van der Waals surface area contributed by atoms with E-state index in [9.17, 15) is 5.11 Å². The van der Waals surface area contributed by atoms with E-state index < -0.39 is 0 Å². The zero-order valence-corrected chi connectivity index (χ0v) is 10.6. The molecule has 0 aromatic heterocycles. The Kier molecular flexibility index (Phi) is 5.69. The molecule has 0 heterocycles. The van der Waals surface area contributed by atoms with Crippen molar-refractivity contribution in [2.75, 3.05) is 33.5 Å². The Balaban J connectivity index is 1.93. The summed E-state index contributed by atoms with van der Waals surface area (Å²) in [4.78, 5) is 0. The van der Waals surface area contributed by atoms with Gasteiger partial charge in [-0.15, -0.1) is 0 Å². The lowest BCUT2D eigenvalue weighted by Gasteiger charge is -2.48. The highest BCUT2D eigenvalue weighted by Crippen LogP contribution is 2.42. The molecular formula is C12H24O4. The van der Waals surface area contributed by atoms with Crippen LogP contribution in [0.5, 0.6) is 0 Å². The van der Waals surface area contributed by atoms with Gasteiger partial charge in [0.15, 0.2) is 0 Å². The molecule has 96 valence electrons. The van der Waals surface area contributed by atoms with E-state index in [0.29, 0.717) is 19.8 Å². The van der Waals surface area contributed by atoms with E-state index in [1.54, 1.807) is 7.11 Å². The average molecular weight is 232 g/mol. The zero-order chi connectivity index (χ0) is 12.0. The van der Waals surface area contributed by atoms with Gasteiger partial charge >= 0.3 is 0 Å². The molecule has 0 amide bonds. The standard InChI is InChI=1S/C12H24O4/c1-12(2)10(13)9-11(12)16-8-7-15-6-4-5-14-3/h10-11,13H,4-9H2,1-3H3. The third kappa shape index (κ3) is 3.70. The summed E-state index contributed by atoms with van der Waals surface area (Å²) < 4.78 is 15.9. The fourth-order valence-electron chi connectivity index (χ4n) is 1.80. The van der Waals surface area contributed by atoms with Crippen LogP contribution in [0, 0.1) is 5.41 Å². The lowest BCUT2D eigenvalue weighted by Crippen LogP contribution is -2.54. The van der Waals surface area contributed by atoms with Crippen LogP contribution in [0.3, 0.4) is 0 Å². The highest BCUT2D eigenvalue weighted by molar-refractivity contribution is 4.98. The molecule has 1 N–H and O–H groups in total. The predicted molar refractivity (Wildman–Crippen MR) is 61.5 cm³/mol. The van der Waals surface area contributed by atoms with Crippen molar-refractivity contribution in [2.45, 2.75) is 38.9 Å². The van der Waals surface area contributed by atoms with Gasteiger partial charge in [-0.05, 0) is 6.42 Å². The quantitative estimate of drug-likeness (QED) is 0.639. The fourth-order valence-corrected chi connectivity index (χ4v) is 1.80. The van der Waals surface area contributed by atoms with Crippen molar-refractivity contribution in [3.63, 3.8) is 0 Å². The van der Waals surface area contributed by atoms with Crippen LogP contribution >= 0.6 is 0 Å². The Morgan fingerprint density at radius 2 is 1.94 bits per heavy atom. The molecule has 2 unspecified atom stereocenters. The number of aliphatic hydroxyl groups excluding tert-OH is 1. The van der Waals surface area contributed by atoms with Crippen LogP contribution in [0.1, 0.15) is 26.7 Å². The van der Waals surface area contributed by atoms with Crippen LogP contribution in [0.25, 0.3) is 0 Å². The Morgan fingerprint density at radius 1 is 1.19 bits per heavy atom. The zero-order valence-electron chi connectivity index (χ0n) is 10.6. The topological polar surface area (TPSA) is 47.9 Å². The minimum absolute atomic E-state index is 0.101. The average Bonchev–Trinajstić information content (AvgIpc) is 2.26. The van der Waals surface area contributed by atoms with E-state index in [2.05, 4.69) is 0 Å². The summed E-state index contributed by atoms with van der Waals surface area (Å²) in [7, 11) is 1.69. The van der Waals surface area contributed by atoms with E-state index >= 15 is 0 Å². The summed E-state index contributed by atoms with van der Waals surface area (Å²) in [5.41, 5.74) is -0.101. The molecule has 0 aromatic carbocycles. The summed E-state index contributed by atoms with van der Waals surface area (Å²) in [5, 5.41) is 9.52. The van der Waals surface area contributed by atoms with Gasteiger partial charge in [0, 0.05) is 32.2 Å². The summed E-state index contributed by atoms with van der Waals surface area (Å²) in [6.07, 6.45) is 1.62. The van der Waals surface area contributed by atoms with E-state index in [0.717, 1.165) is 19.4 Å². The first-order valence-electron chi connectivity index (χ1n) is 5.95. The largest absolute Gasteiger partial charge is 0.392 e. The Labute approximate surface area is 97.9 Å². The van der Waals surface area contributed by atoms with Gasteiger partial charge in [0.05, 0.1) is 25.4 Å². The molecule has 1 aliphatic carbocycles. The van der Waals surface area contributed by atoms with E-state index in [4.69, 9.17) is 14.2 Å². The highest BCUT2D eigenvalue weighted by Gasteiger charge is 2.47. The summed E-state index contributed by atoms with van der Waals surface area (Å²) in [6.45, 7) is 6.74. The van der Waals surface area contributed by atoms with Crippen LogP contribution in [-0.4, -0.2) is 50.9 Å². The molecule has 0 radical (unpaired) electrons. The summed E-state index contributed by atoms with van der Waals surface area (Å²) >= 11 is 0. The fraction of sp³-hybridized carbons (Fsp3) is 1.00. The lowest BCUT2D eigenvalue weighted by atomic mass is 9.66. The van der Waals surface area contributed by atoms with Gasteiger partial charge in [0.1, 0.15) is 0 Å². The molecular weight excluding hydrogens is 208 g/mol. The monoisotopic (exact) mass is 232 g/mol. The van der Waals surface area contributed by atoms with Crippen molar-refractivity contribution in [3.05, 3.63) is 0 Å². The minimum Gasteiger partial charge on any atom is -0.392 e. The van der Waals surface area contributed by atoms with Crippen LogP contribution in [-0.2, 0) is 14.2 Å². The van der Waals surface area contributed by atoms with Crippen molar-refractivity contribution in [2.24, 2.45) is 5.41 Å². The molecule has 1 rings (SSSR count). The van der Waals surface area contributed by atoms with E-state index in [1.807, 2.05) is 13.8 Å². The first-order chi connectivity index (χ1) is 7.59. The Hall–Kier alpha value is -0.160. The molecule has 1 saturated carbocycles. The molecule has 16 heavy (non-hydrogen) atoms. The molecule has 0 aliphatic heterocycles. The molecule has 0 bridgehead atoms. The Bertz CT molecular complexity index is 193. The lowest BCUT2D eigenvalue weighted by molar-refractivity contribution is -0.179. The van der Waals surface area contributed by atoms with Crippen molar-refractivity contribution >= 4 is 0 Å². The molecule has 2 atom stereocenters. The van der Waals surface area contributed by atoms with E-state index in [1.165, 1.54) is 0 Å². The van der Waals surface area contributed by atoms with Crippen LogP contribution in [0.2, 0.25) is 0 Å². The first-order valence-corrected chi connectivity index (χ1v) is 5.95. The van der Waals surface area contributed by atoms with Crippen molar-refractivity contribution in [1.82, 2.24) is 0 Å². The van der Waals surface area contributed by atoms with Gasteiger partial charge in [-0.3, -0.25) is 0 Å². The first kappa shape index (κ1) is 13.9. The number of rotatable bonds is 8. The maximum Gasteiger partial charge on any atom is 0.0704 e. The van der Waals surface area contributed by atoms with Crippen LogP contribution < -0.4 is 0 Å². The second kappa shape index (κ2) is 6.55. The van der Waals surface area contributed by atoms with Gasteiger partial charge in [0.25, 0.3) is 0 Å². The Morgan fingerprint density at radius 3 is 2.50 bits per heavy atom. The number of hydrogen-bond acceptors (Lipinski definition) is 4. The van der Waals surface area contributed by atoms with Gasteiger partial charge in [-0.25, -0.2) is 0 Å². The normalized spacial score (nSPS) is 27.8. The number of hydrogen-bond donors (Lipinski definition) is 1. The molecule has 1 aliphatic rings. The third-order valence-electron chi connectivity index (χ3n) is 3.31. The van der Waals surface area contributed by atoms with Crippen LogP contribution in [0.4, 0.5) is 0 Å². The smallest absolute Gasteiger partial charge is 0.0704 e. The van der Waals surface area contributed by atoms with Gasteiger partial charge < -0.3 is 19.3 Å². The van der Waals surface area contributed by atoms with E-state index in [-0.39, 0.29) is 17.6 Å². The summed E-state index contributed by atoms with van der Waals surface area (Å²) in [6, 6.07) is 0. The highest BCUT2D eigenvalue weighted by atomic mass is 16.5. The minimum atomic E-state index is -0.222. The van der Waals surface area contributed by atoms with Crippen LogP contribution in [0.15, 0.2) is 0 Å². The molecule has 0 aromatic rings. The maximum atomic E-state index is 9.52. The number of aliphatic hydroxyl groups is 1.